The van der Waals surface area contributed by atoms with Crippen LogP contribution in [-0.2, 0) is 33.3 Å². The van der Waals surface area contributed by atoms with Crippen molar-refractivity contribution in [2.45, 2.75) is 289 Å². The van der Waals surface area contributed by atoms with Crippen molar-refractivity contribution in [2.24, 2.45) is 0 Å². The van der Waals surface area contributed by atoms with Crippen LogP contribution in [-0.4, -0.2) is 82.3 Å². The highest BCUT2D eigenvalue weighted by atomic mass is 16.7. The van der Waals surface area contributed by atoms with E-state index in [0.717, 1.165) is 51.4 Å². The van der Waals surface area contributed by atoms with Gasteiger partial charge in [-0.1, -0.05) is 244 Å². The van der Waals surface area contributed by atoms with E-state index in [1.54, 1.807) is 0 Å². The maximum absolute atomic E-state index is 12.8. The molecule has 0 spiro atoms. The van der Waals surface area contributed by atoms with Crippen LogP contribution in [0.5, 0.6) is 0 Å². The number of rotatable bonds is 54. The molecule has 0 N–H and O–H groups in total. The predicted octanol–water partition coefficient (Wildman–Crippen LogP) is 15.4. The van der Waals surface area contributed by atoms with Crippen molar-refractivity contribution in [3.05, 3.63) is 24.3 Å². The molecule has 2 unspecified atom stereocenters. The average Bonchev–Trinajstić information content (AvgIpc) is 3.30. The van der Waals surface area contributed by atoms with Gasteiger partial charge in [0.2, 0.25) is 0 Å². The van der Waals surface area contributed by atoms with E-state index in [2.05, 4.69) is 38.2 Å². The molecule has 400 valence electrons. The lowest BCUT2D eigenvalue weighted by Gasteiger charge is -2.26. The fourth-order valence-electron chi connectivity index (χ4n) is 8.45. The summed E-state index contributed by atoms with van der Waals surface area (Å²) >= 11 is 0. The van der Waals surface area contributed by atoms with Crippen molar-refractivity contribution in [1.29, 1.82) is 0 Å². The molecule has 0 aliphatic carbocycles. The number of carbonyl (C=O) groups excluding carboxylic acids is 3. The van der Waals surface area contributed by atoms with Crippen LogP contribution in [0, 0.1) is 0 Å². The number of hydrogen-bond donors (Lipinski definition) is 0. The zero-order chi connectivity index (χ0) is 49.9. The summed E-state index contributed by atoms with van der Waals surface area (Å²) in [5, 5.41) is 11.8. The topological polar surface area (TPSA) is 111 Å². The van der Waals surface area contributed by atoms with Crippen LogP contribution < -0.4 is 5.11 Å². The van der Waals surface area contributed by atoms with Crippen LogP contribution in [0.4, 0.5) is 0 Å². The molecule has 0 heterocycles. The Kier molecular flexibility index (Phi) is 49.5. The van der Waals surface area contributed by atoms with E-state index in [1.807, 2.05) is 21.1 Å². The van der Waals surface area contributed by atoms with E-state index in [9.17, 15) is 19.5 Å². The molecule has 68 heavy (non-hydrogen) atoms. The minimum atomic E-state index is -1.62. The third kappa shape index (κ3) is 51.6. The van der Waals surface area contributed by atoms with E-state index in [-0.39, 0.29) is 32.2 Å². The Morgan fingerprint density at radius 1 is 0.441 bits per heavy atom. The number of ether oxygens (including phenoxy) is 4. The Balaban J connectivity index is 4.20. The van der Waals surface area contributed by atoms with Crippen molar-refractivity contribution in [1.82, 2.24) is 0 Å². The van der Waals surface area contributed by atoms with E-state index in [1.165, 1.54) is 193 Å². The zero-order valence-corrected chi connectivity index (χ0v) is 45.5. The second kappa shape index (κ2) is 51.1. The second-order valence-electron chi connectivity index (χ2n) is 20.9. The van der Waals surface area contributed by atoms with Gasteiger partial charge in [0.15, 0.2) is 12.4 Å². The lowest BCUT2D eigenvalue weighted by Crippen LogP contribution is -2.44. The number of allylic oxidation sites excluding steroid dienone is 4. The van der Waals surface area contributed by atoms with Crippen molar-refractivity contribution in [2.75, 3.05) is 47.5 Å². The number of aliphatic carboxylic acids is 1. The van der Waals surface area contributed by atoms with Gasteiger partial charge in [0, 0.05) is 12.8 Å². The maximum atomic E-state index is 12.8. The summed E-state index contributed by atoms with van der Waals surface area (Å²) in [6.45, 7) is 4.77. The molecular weight excluding hydrogens is 851 g/mol. The number of carboxylic acid groups (broad SMARTS) is 1. The number of likely N-dealkylation sites (N-methyl/N-ethyl adjacent to an activating group) is 1. The third-order valence-corrected chi connectivity index (χ3v) is 13.0. The van der Waals surface area contributed by atoms with Gasteiger partial charge >= 0.3 is 11.9 Å². The molecule has 2 atom stereocenters. The van der Waals surface area contributed by atoms with E-state index < -0.39 is 24.3 Å². The molecule has 0 aliphatic rings. The minimum Gasteiger partial charge on any atom is -0.545 e. The van der Waals surface area contributed by atoms with Crippen molar-refractivity contribution in [3.63, 3.8) is 0 Å². The summed E-state index contributed by atoms with van der Waals surface area (Å²) in [5.41, 5.74) is 0. The smallest absolute Gasteiger partial charge is 0.306 e. The van der Waals surface area contributed by atoms with Crippen LogP contribution in [0.2, 0.25) is 0 Å². The first kappa shape index (κ1) is 65.8. The monoisotopic (exact) mass is 962 g/mol. The van der Waals surface area contributed by atoms with Gasteiger partial charge in [0.25, 0.3) is 0 Å². The number of carbonyl (C=O) groups is 3. The molecule has 0 aliphatic heterocycles. The Bertz CT molecular complexity index is 1170. The summed E-state index contributed by atoms with van der Waals surface area (Å²) in [4.78, 5) is 37.3. The van der Waals surface area contributed by atoms with Crippen molar-refractivity contribution >= 4 is 17.9 Å². The molecule has 0 amide bonds. The Morgan fingerprint density at radius 2 is 0.794 bits per heavy atom. The van der Waals surface area contributed by atoms with Crippen LogP contribution in [0.3, 0.4) is 0 Å². The predicted molar refractivity (Wildman–Crippen MR) is 283 cm³/mol. The number of carboxylic acids is 1. The largest absolute Gasteiger partial charge is 0.545 e. The normalized spacial score (nSPS) is 12.9. The average molecular weight is 963 g/mol. The molecular formula is C59H111NO8. The number of unbranched alkanes of at least 4 members (excludes halogenated alkanes) is 35. The van der Waals surface area contributed by atoms with E-state index in [4.69, 9.17) is 18.9 Å². The van der Waals surface area contributed by atoms with Gasteiger partial charge in [0.1, 0.15) is 13.2 Å². The molecule has 0 aromatic rings. The van der Waals surface area contributed by atoms with Gasteiger partial charge in [-0.3, -0.25) is 9.59 Å². The van der Waals surface area contributed by atoms with Crippen LogP contribution in [0.15, 0.2) is 24.3 Å². The Hall–Kier alpha value is -2.23. The van der Waals surface area contributed by atoms with Crippen molar-refractivity contribution in [3.8, 4) is 0 Å². The summed E-state index contributed by atoms with van der Waals surface area (Å²) in [6, 6.07) is 0. The van der Waals surface area contributed by atoms with Crippen LogP contribution >= 0.6 is 0 Å². The molecule has 0 aromatic heterocycles. The molecule has 9 nitrogen and oxygen atoms in total. The molecule has 0 rings (SSSR count). The molecule has 0 aromatic carbocycles. The molecule has 0 radical (unpaired) electrons. The lowest BCUT2D eigenvalue weighted by molar-refractivity contribution is -0.870. The second-order valence-corrected chi connectivity index (χ2v) is 20.9. The van der Waals surface area contributed by atoms with E-state index >= 15 is 0 Å². The Labute approximate surface area is 420 Å². The SMILES string of the molecule is CCCCC/C=C\C/C=C\CCCCCCCCCCCC(=O)OC(COC(=O)CCCCCCCCCCCCCCCCCCCCCCCCCC)COC(OCC[N+](C)(C)C)C(=O)[O-]. The Morgan fingerprint density at radius 3 is 1.19 bits per heavy atom. The molecule has 0 bridgehead atoms. The summed E-state index contributed by atoms with van der Waals surface area (Å²) < 4.78 is 22.7. The summed E-state index contributed by atoms with van der Waals surface area (Å²) in [5.74, 6) is -2.27. The highest BCUT2D eigenvalue weighted by Gasteiger charge is 2.22. The highest BCUT2D eigenvalue weighted by molar-refractivity contribution is 5.70. The summed E-state index contributed by atoms with van der Waals surface area (Å²) in [6.07, 6.45) is 56.5. The number of nitrogens with zero attached hydrogens (tertiary/aromatic N) is 1. The quantitative estimate of drug-likeness (QED) is 0.0195. The van der Waals surface area contributed by atoms with Gasteiger partial charge in [-0.25, -0.2) is 0 Å². The first-order valence-electron chi connectivity index (χ1n) is 29.0. The highest BCUT2D eigenvalue weighted by Crippen LogP contribution is 2.17. The van der Waals surface area contributed by atoms with Gasteiger partial charge < -0.3 is 33.3 Å². The lowest BCUT2D eigenvalue weighted by atomic mass is 10.0. The van der Waals surface area contributed by atoms with Gasteiger partial charge in [-0.2, -0.15) is 0 Å². The third-order valence-electron chi connectivity index (χ3n) is 13.0. The summed E-state index contributed by atoms with van der Waals surface area (Å²) in [7, 11) is 5.93. The first-order valence-corrected chi connectivity index (χ1v) is 29.0. The number of hydrogen-bond acceptors (Lipinski definition) is 8. The molecule has 0 fully saturated rings. The number of quaternary nitrogens is 1. The van der Waals surface area contributed by atoms with Gasteiger partial charge in [-0.05, 0) is 44.9 Å². The molecule has 0 saturated heterocycles. The van der Waals surface area contributed by atoms with Gasteiger partial charge in [-0.15, -0.1) is 0 Å². The zero-order valence-electron chi connectivity index (χ0n) is 45.5. The van der Waals surface area contributed by atoms with Crippen LogP contribution in [0.1, 0.15) is 277 Å². The maximum Gasteiger partial charge on any atom is 0.306 e. The van der Waals surface area contributed by atoms with Crippen molar-refractivity contribution < 1.29 is 42.9 Å². The van der Waals surface area contributed by atoms with Crippen LogP contribution in [0.25, 0.3) is 0 Å². The van der Waals surface area contributed by atoms with E-state index in [0.29, 0.717) is 23.9 Å². The standard InChI is InChI=1S/C59H111NO8/c1-6-8-10-12-14-16-18-20-22-24-26-27-28-29-30-32-33-35-37-39-41-43-45-47-49-56(61)66-53-55(54-67-59(58(63)64)65-52-51-60(3,4)5)68-57(62)50-48-46-44-42-40-38-36-34-31-25-23-21-19-17-15-13-11-9-7-2/h15,17,21,23,55,59H,6-14,16,18-20,22,24-54H2,1-5H3/b17-15-,23-21-. The number of esters is 2. The van der Waals surface area contributed by atoms with Gasteiger partial charge in [0.05, 0.1) is 40.3 Å². The molecule has 9 heteroatoms. The fraction of sp³-hybridized carbons (Fsp3) is 0.881. The first-order chi connectivity index (χ1) is 33.1. The fourth-order valence-corrected chi connectivity index (χ4v) is 8.45. The molecule has 0 saturated carbocycles. The minimum absolute atomic E-state index is 0.149.